The summed E-state index contributed by atoms with van der Waals surface area (Å²) in [6.07, 6.45) is 1.86. The molecule has 17 heavy (non-hydrogen) atoms. The summed E-state index contributed by atoms with van der Waals surface area (Å²) < 4.78 is 7.16. The zero-order valence-electron chi connectivity index (χ0n) is 9.50. The summed E-state index contributed by atoms with van der Waals surface area (Å²) in [6, 6.07) is 16.0. The van der Waals surface area contributed by atoms with Crippen molar-refractivity contribution in [2.75, 3.05) is 7.11 Å². The summed E-state index contributed by atoms with van der Waals surface area (Å²) >= 11 is 0. The highest BCUT2D eigenvalue weighted by molar-refractivity contribution is 5.81. The number of methoxy groups -OCH3 is 1. The molecule has 3 aromatic rings. The molecule has 0 saturated heterocycles. The molecule has 0 atom stereocenters. The first-order chi connectivity index (χ1) is 8.38. The van der Waals surface area contributed by atoms with Gasteiger partial charge in [-0.25, -0.2) is 4.68 Å². The molecule has 84 valence electrons. The fourth-order valence-electron chi connectivity index (χ4n) is 1.90. The van der Waals surface area contributed by atoms with Crippen molar-refractivity contribution in [1.29, 1.82) is 0 Å². The van der Waals surface area contributed by atoms with E-state index in [0.717, 1.165) is 22.3 Å². The summed E-state index contributed by atoms with van der Waals surface area (Å²) in [6.45, 7) is 0. The third-order valence-electron chi connectivity index (χ3n) is 2.78. The largest absolute Gasteiger partial charge is 0.497 e. The van der Waals surface area contributed by atoms with Crippen LogP contribution < -0.4 is 4.74 Å². The van der Waals surface area contributed by atoms with Crippen molar-refractivity contribution in [2.45, 2.75) is 0 Å². The predicted octanol–water partition coefficient (Wildman–Crippen LogP) is 3.03. The zero-order valence-corrected chi connectivity index (χ0v) is 9.50. The lowest BCUT2D eigenvalue weighted by atomic mass is 10.2. The van der Waals surface area contributed by atoms with Gasteiger partial charge in [0.2, 0.25) is 0 Å². The van der Waals surface area contributed by atoms with E-state index in [-0.39, 0.29) is 0 Å². The number of rotatable bonds is 2. The molecule has 0 bridgehead atoms. The lowest BCUT2D eigenvalue weighted by molar-refractivity contribution is 0.415. The van der Waals surface area contributed by atoms with Crippen molar-refractivity contribution >= 4 is 10.9 Å². The van der Waals surface area contributed by atoms with Gasteiger partial charge in [0, 0.05) is 11.5 Å². The minimum atomic E-state index is 0.843. The van der Waals surface area contributed by atoms with Crippen LogP contribution in [0.5, 0.6) is 5.75 Å². The predicted molar refractivity (Wildman–Crippen MR) is 67.6 cm³/mol. The molecule has 1 heterocycles. The molecule has 0 amide bonds. The van der Waals surface area contributed by atoms with E-state index in [1.165, 1.54) is 0 Å². The summed E-state index contributed by atoms with van der Waals surface area (Å²) in [5, 5.41) is 5.51. The Morgan fingerprint density at radius 1 is 1.06 bits per heavy atom. The topological polar surface area (TPSA) is 27.1 Å². The lowest BCUT2D eigenvalue weighted by Crippen LogP contribution is -1.95. The summed E-state index contributed by atoms with van der Waals surface area (Å²) in [5.74, 6) is 0.843. The van der Waals surface area contributed by atoms with Crippen LogP contribution in [0, 0.1) is 0 Å². The molecule has 0 unspecified atom stereocenters. The van der Waals surface area contributed by atoms with Crippen molar-refractivity contribution in [1.82, 2.24) is 9.78 Å². The van der Waals surface area contributed by atoms with Crippen LogP contribution in [0.25, 0.3) is 16.6 Å². The second-order valence-corrected chi connectivity index (χ2v) is 3.82. The Kier molecular flexibility index (Phi) is 2.29. The minimum absolute atomic E-state index is 0.843. The van der Waals surface area contributed by atoms with Gasteiger partial charge in [-0.1, -0.05) is 18.2 Å². The van der Waals surface area contributed by atoms with E-state index in [0.29, 0.717) is 0 Å². The Balaban J connectivity index is 2.23. The molecule has 0 aliphatic carbocycles. The average Bonchev–Trinajstić information content (AvgIpc) is 2.82. The van der Waals surface area contributed by atoms with E-state index >= 15 is 0 Å². The highest BCUT2D eigenvalue weighted by Gasteiger charge is 2.05. The fourth-order valence-corrected chi connectivity index (χ4v) is 1.90. The molecule has 0 aliphatic rings. The van der Waals surface area contributed by atoms with Crippen LogP contribution in [0.2, 0.25) is 0 Å². The summed E-state index contributed by atoms with van der Waals surface area (Å²) in [5.41, 5.74) is 2.10. The van der Waals surface area contributed by atoms with Crippen molar-refractivity contribution in [3.63, 3.8) is 0 Å². The third kappa shape index (κ3) is 1.65. The van der Waals surface area contributed by atoms with Crippen molar-refractivity contribution in [3.8, 4) is 11.4 Å². The summed E-state index contributed by atoms with van der Waals surface area (Å²) in [7, 11) is 1.67. The van der Waals surface area contributed by atoms with E-state index in [4.69, 9.17) is 4.74 Å². The van der Waals surface area contributed by atoms with Gasteiger partial charge in [-0.2, -0.15) is 5.10 Å². The number of hydrogen-bond acceptors (Lipinski definition) is 2. The van der Waals surface area contributed by atoms with E-state index in [9.17, 15) is 0 Å². The number of para-hydroxylation sites is 1. The number of hydrogen-bond donors (Lipinski definition) is 0. The van der Waals surface area contributed by atoms with Gasteiger partial charge in [-0.15, -0.1) is 0 Å². The van der Waals surface area contributed by atoms with Crippen molar-refractivity contribution in [3.05, 3.63) is 54.7 Å². The third-order valence-corrected chi connectivity index (χ3v) is 2.78. The monoisotopic (exact) mass is 224 g/mol. The molecule has 0 saturated carbocycles. The highest BCUT2D eigenvalue weighted by atomic mass is 16.5. The molecule has 2 aromatic carbocycles. The van der Waals surface area contributed by atoms with E-state index in [1.807, 2.05) is 59.4 Å². The fraction of sp³-hybridized carbons (Fsp3) is 0.0714. The quantitative estimate of drug-likeness (QED) is 0.669. The van der Waals surface area contributed by atoms with Gasteiger partial charge in [-0.05, 0) is 24.3 Å². The Morgan fingerprint density at radius 2 is 1.88 bits per heavy atom. The normalized spacial score (nSPS) is 10.6. The number of ether oxygens (including phenoxy) is 1. The van der Waals surface area contributed by atoms with Gasteiger partial charge in [0.1, 0.15) is 5.75 Å². The first kappa shape index (κ1) is 9.90. The van der Waals surface area contributed by atoms with Gasteiger partial charge in [0.15, 0.2) is 0 Å². The van der Waals surface area contributed by atoms with Crippen molar-refractivity contribution < 1.29 is 4.74 Å². The number of aromatic nitrogens is 2. The van der Waals surface area contributed by atoms with Gasteiger partial charge in [0.05, 0.1) is 24.5 Å². The van der Waals surface area contributed by atoms with Crippen LogP contribution in [-0.4, -0.2) is 16.9 Å². The molecule has 0 N–H and O–H groups in total. The Bertz CT molecular complexity index is 644. The molecule has 0 radical (unpaired) electrons. The number of nitrogens with zero attached hydrogens (tertiary/aromatic N) is 2. The maximum absolute atomic E-state index is 5.24. The standard InChI is InChI=1S/C14H12N2O/c1-17-13-8-7-11-10-15-16(14(11)9-13)12-5-3-2-4-6-12/h2-10H,1H3. The maximum Gasteiger partial charge on any atom is 0.121 e. The van der Waals surface area contributed by atoms with E-state index < -0.39 is 0 Å². The van der Waals surface area contributed by atoms with Crippen LogP contribution >= 0.6 is 0 Å². The molecule has 0 spiro atoms. The minimum Gasteiger partial charge on any atom is -0.497 e. The molecular formula is C14H12N2O. The first-order valence-electron chi connectivity index (χ1n) is 5.46. The van der Waals surface area contributed by atoms with E-state index in [1.54, 1.807) is 7.11 Å². The van der Waals surface area contributed by atoms with Crippen molar-refractivity contribution in [2.24, 2.45) is 0 Å². The average molecular weight is 224 g/mol. The molecule has 3 rings (SSSR count). The maximum atomic E-state index is 5.24. The molecule has 3 nitrogen and oxygen atoms in total. The molecule has 3 heteroatoms. The van der Waals surface area contributed by atoms with Crippen LogP contribution in [0.15, 0.2) is 54.7 Å². The Morgan fingerprint density at radius 3 is 2.65 bits per heavy atom. The second kappa shape index (κ2) is 3.94. The molecular weight excluding hydrogens is 212 g/mol. The second-order valence-electron chi connectivity index (χ2n) is 3.82. The Hall–Kier alpha value is -2.29. The van der Waals surface area contributed by atoms with Crippen LogP contribution in [0.3, 0.4) is 0 Å². The lowest BCUT2D eigenvalue weighted by Gasteiger charge is -2.04. The number of fused-ring (bicyclic) bond motifs is 1. The SMILES string of the molecule is COc1ccc2cnn(-c3ccccc3)c2c1. The zero-order chi connectivity index (χ0) is 11.7. The van der Waals surface area contributed by atoms with Gasteiger partial charge < -0.3 is 4.74 Å². The van der Waals surface area contributed by atoms with Crippen LogP contribution in [0.1, 0.15) is 0 Å². The summed E-state index contributed by atoms with van der Waals surface area (Å²) in [4.78, 5) is 0. The Labute approximate surface area is 99.3 Å². The van der Waals surface area contributed by atoms with Gasteiger partial charge >= 0.3 is 0 Å². The van der Waals surface area contributed by atoms with E-state index in [2.05, 4.69) is 5.10 Å². The smallest absolute Gasteiger partial charge is 0.121 e. The molecule has 1 aromatic heterocycles. The molecule has 0 aliphatic heterocycles. The molecule has 0 fully saturated rings. The number of benzene rings is 2. The van der Waals surface area contributed by atoms with Crippen LogP contribution in [0.4, 0.5) is 0 Å². The van der Waals surface area contributed by atoms with Gasteiger partial charge in [0.25, 0.3) is 0 Å². The highest BCUT2D eigenvalue weighted by Crippen LogP contribution is 2.22. The van der Waals surface area contributed by atoms with Gasteiger partial charge in [-0.3, -0.25) is 0 Å². The van der Waals surface area contributed by atoms with Crippen LogP contribution in [-0.2, 0) is 0 Å². The first-order valence-corrected chi connectivity index (χ1v) is 5.46.